The molecule has 2 unspecified atom stereocenters. The molecule has 0 radical (unpaired) electrons. The van der Waals surface area contributed by atoms with Crippen molar-refractivity contribution in [3.05, 3.63) is 34.9 Å². The highest BCUT2D eigenvalue weighted by Crippen LogP contribution is 2.24. The van der Waals surface area contributed by atoms with Crippen LogP contribution in [0.3, 0.4) is 0 Å². The fraction of sp³-hybridized carbons (Fsp3) is 0.692. The van der Waals surface area contributed by atoms with Crippen LogP contribution in [0, 0.1) is 35.3 Å². The van der Waals surface area contributed by atoms with E-state index in [-0.39, 0.29) is 5.56 Å². The van der Waals surface area contributed by atoms with E-state index >= 15 is 0 Å². The second kappa shape index (κ2) is 16.6. The Bertz CT molecular complexity index is 557. The summed E-state index contributed by atoms with van der Waals surface area (Å²) in [6.07, 6.45) is 11.9. The maximum absolute atomic E-state index is 14.0. The number of halogens is 2. The second-order valence-corrected chi connectivity index (χ2v) is 7.68. The fourth-order valence-electron chi connectivity index (χ4n) is 3.84. The van der Waals surface area contributed by atoms with E-state index in [4.69, 9.17) is 0 Å². The molecule has 0 aromatic heterocycles. The van der Waals surface area contributed by atoms with Crippen LogP contribution >= 0.6 is 0 Å². The van der Waals surface area contributed by atoms with Gasteiger partial charge in [0.2, 0.25) is 0 Å². The van der Waals surface area contributed by atoms with Crippen LogP contribution in [0.2, 0.25) is 0 Å². The third-order valence-electron chi connectivity index (χ3n) is 5.22. The Hall–Kier alpha value is -1.36. The molecule has 1 aromatic carbocycles. The van der Waals surface area contributed by atoms with E-state index in [2.05, 4.69) is 32.6 Å². The first-order valence-corrected chi connectivity index (χ1v) is 11.4. The van der Waals surface area contributed by atoms with Gasteiger partial charge in [0, 0.05) is 0 Å². The minimum absolute atomic E-state index is 0.110. The monoisotopic (exact) mass is 392 g/mol. The Labute approximate surface area is 173 Å². The minimum atomic E-state index is -0.538. The summed E-state index contributed by atoms with van der Waals surface area (Å²) in [5.74, 6) is 5.57. The standard InChI is InChI=1S/C24H36F2.C2H6/c1-5-10-19(4)13-8-14-20(11-6-2)15-9-16-21-17-23(25)22(12-7-3)24(26)18-21;1-2/h17-20H,5-6,8-11,13-16H2,1-4H3;1-2H3. The molecule has 0 N–H and O–H groups in total. The third-order valence-corrected chi connectivity index (χ3v) is 5.22. The Balaban J connectivity index is 0.00000352. The Morgan fingerprint density at radius 1 is 0.857 bits per heavy atom. The van der Waals surface area contributed by atoms with Crippen molar-refractivity contribution in [1.82, 2.24) is 0 Å². The topological polar surface area (TPSA) is 0 Å². The lowest BCUT2D eigenvalue weighted by Crippen LogP contribution is -2.04. The molecule has 0 aliphatic carbocycles. The van der Waals surface area contributed by atoms with Gasteiger partial charge >= 0.3 is 0 Å². The average molecular weight is 393 g/mol. The highest BCUT2D eigenvalue weighted by Gasteiger charge is 2.12. The van der Waals surface area contributed by atoms with Crippen molar-refractivity contribution in [2.24, 2.45) is 11.8 Å². The second-order valence-electron chi connectivity index (χ2n) is 7.68. The van der Waals surface area contributed by atoms with E-state index < -0.39 is 11.6 Å². The van der Waals surface area contributed by atoms with Crippen molar-refractivity contribution >= 4 is 0 Å². The predicted molar refractivity (Wildman–Crippen MR) is 120 cm³/mol. The van der Waals surface area contributed by atoms with Gasteiger partial charge in [-0.05, 0) is 49.3 Å². The van der Waals surface area contributed by atoms with Crippen LogP contribution in [0.15, 0.2) is 12.1 Å². The van der Waals surface area contributed by atoms with Crippen LogP contribution < -0.4 is 0 Å². The van der Waals surface area contributed by atoms with Crippen molar-refractivity contribution in [2.45, 2.75) is 106 Å². The zero-order valence-electron chi connectivity index (χ0n) is 19.1. The van der Waals surface area contributed by atoms with Crippen molar-refractivity contribution < 1.29 is 8.78 Å². The van der Waals surface area contributed by atoms with Crippen LogP contribution in [0.5, 0.6) is 0 Å². The highest BCUT2D eigenvalue weighted by molar-refractivity contribution is 5.38. The maximum Gasteiger partial charge on any atom is 0.142 e. The quantitative estimate of drug-likeness (QED) is 0.312. The molecule has 0 nitrogen and oxygen atoms in total. The Kier molecular flexibility index (Phi) is 15.8. The first-order valence-electron chi connectivity index (χ1n) is 11.4. The smallest absolute Gasteiger partial charge is 0.142 e. The summed E-state index contributed by atoms with van der Waals surface area (Å²) in [6.45, 7) is 12.4. The molecule has 28 heavy (non-hydrogen) atoms. The van der Waals surface area contributed by atoms with Crippen molar-refractivity contribution in [3.8, 4) is 11.8 Å². The van der Waals surface area contributed by atoms with Gasteiger partial charge in [0.05, 0.1) is 5.56 Å². The van der Waals surface area contributed by atoms with Crippen LogP contribution in [0.4, 0.5) is 8.78 Å². The van der Waals surface area contributed by atoms with E-state index in [0.717, 1.165) is 36.7 Å². The van der Waals surface area contributed by atoms with Crippen molar-refractivity contribution in [1.29, 1.82) is 0 Å². The van der Waals surface area contributed by atoms with Crippen LogP contribution in [-0.4, -0.2) is 0 Å². The largest absolute Gasteiger partial charge is 0.206 e. The normalized spacial score (nSPS) is 12.4. The van der Waals surface area contributed by atoms with Gasteiger partial charge in [-0.15, -0.1) is 5.92 Å². The van der Waals surface area contributed by atoms with Gasteiger partial charge in [0.25, 0.3) is 0 Å². The lowest BCUT2D eigenvalue weighted by molar-refractivity contribution is 0.364. The molecule has 2 atom stereocenters. The predicted octanol–water partition coefficient (Wildman–Crippen LogP) is 8.71. The fourth-order valence-corrected chi connectivity index (χ4v) is 3.84. The molecule has 160 valence electrons. The Morgan fingerprint density at radius 3 is 1.96 bits per heavy atom. The van der Waals surface area contributed by atoms with E-state index in [9.17, 15) is 8.78 Å². The molecule has 1 rings (SSSR count). The first kappa shape index (κ1) is 26.6. The molecule has 2 heteroatoms. The zero-order chi connectivity index (χ0) is 21.4. The van der Waals surface area contributed by atoms with E-state index in [1.165, 1.54) is 57.1 Å². The molecule has 0 spiro atoms. The summed E-state index contributed by atoms with van der Waals surface area (Å²) in [6, 6.07) is 2.90. The summed E-state index contributed by atoms with van der Waals surface area (Å²) in [7, 11) is 0. The lowest BCUT2D eigenvalue weighted by Gasteiger charge is -2.17. The van der Waals surface area contributed by atoms with Crippen LogP contribution in [0.1, 0.15) is 110 Å². The molecule has 0 bridgehead atoms. The molecular formula is C26H42F2. The van der Waals surface area contributed by atoms with Crippen LogP contribution in [0.25, 0.3) is 0 Å². The van der Waals surface area contributed by atoms with Gasteiger partial charge in [-0.1, -0.05) is 91.9 Å². The number of rotatable bonds is 12. The summed E-state index contributed by atoms with van der Waals surface area (Å²) in [5, 5.41) is 0. The Morgan fingerprint density at radius 2 is 1.43 bits per heavy atom. The minimum Gasteiger partial charge on any atom is -0.206 e. The number of aryl methyl sites for hydroxylation is 1. The van der Waals surface area contributed by atoms with E-state index in [1.807, 2.05) is 13.8 Å². The van der Waals surface area contributed by atoms with Gasteiger partial charge in [0.1, 0.15) is 11.6 Å². The van der Waals surface area contributed by atoms with Crippen molar-refractivity contribution in [2.75, 3.05) is 0 Å². The summed E-state index contributed by atoms with van der Waals surface area (Å²) in [4.78, 5) is 0. The zero-order valence-corrected chi connectivity index (χ0v) is 19.1. The van der Waals surface area contributed by atoms with Gasteiger partial charge in [-0.3, -0.25) is 0 Å². The molecule has 0 aliphatic rings. The van der Waals surface area contributed by atoms with Crippen molar-refractivity contribution in [3.63, 3.8) is 0 Å². The lowest BCUT2D eigenvalue weighted by atomic mass is 9.89. The molecule has 1 aromatic rings. The summed E-state index contributed by atoms with van der Waals surface area (Å²) in [5.41, 5.74) is 0.634. The third kappa shape index (κ3) is 10.8. The molecular weight excluding hydrogens is 350 g/mol. The molecule has 0 fully saturated rings. The van der Waals surface area contributed by atoms with Gasteiger partial charge in [-0.25, -0.2) is 8.78 Å². The van der Waals surface area contributed by atoms with Crippen LogP contribution in [-0.2, 0) is 6.42 Å². The van der Waals surface area contributed by atoms with E-state index in [0.29, 0.717) is 0 Å². The number of hydrogen-bond donors (Lipinski definition) is 0. The molecule has 0 saturated heterocycles. The SMILES string of the molecule is CC.CC#Cc1c(F)cc(CCCC(CCC)CCCC(C)CCC)cc1F. The molecule has 0 heterocycles. The first-order chi connectivity index (χ1) is 13.5. The summed E-state index contributed by atoms with van der Waals surface area (Å²) >= 11 is 0. The number of benzene rings is 1. The molecule has 0 aliphatic heterocycles. The van der Waals surface area contributed by atoms with Gasteiger partial charge in [-0.2, -0.15) is 0 Å². The highest BCUT2D eigenvalue weighted by atomic mass is 19.1. The average Bonchev–Trinajstić information content (AvgIpc) is 2.66. The van der Waals surface area contributed by atoms with Gasteiger partial charge < -0.3 is 0 Å². The number of hydrogen-bond acceptors (Lipinski definition) is 0. The maximum atomic E-state index is 14.0. The van der Waals surface area contributed by atoms with Gasteiger partial charge in [0.15, 0.2) is 0 Å². The van der Waals surface area contributed by atoms with E-state index in [1.54, 1.807) is 6.92 Å². The summed E-state index contributed by atoms with van der Waals surface area (Å²) < 4.78 is 27.9. The molecule has 0 amide bonds. The molecule has 0 saturated carbocycles.